The summed E-state index contributed by atoms with van der Waals surface area (Å²) in [4.78, 5) is 24.7. The van der Waals surface area contributed by atoms with Gasteiger partial charge in [0.1, 0.15) is 13.2 Å². The number of esters is 1. The Bertz CT molecular complexity index is 835. The summed E-state index contributed by atoms with van der Waals surface area (Å²) in [6.45, 7) is 15.6. The van der Waals surface area contributed by atoms with E-state index >= 15 is 0 Å². The molecule has 0 aliphatic rings. The van der Waals surface area contributed by atoms with Gasteiger partial charge in [-0.1, -0.05) is 39.0 Å². The third-order valence-electron chi connectivity index (χ3n) is 5.89. The Hall–Kier alpha value is -2.66. The molecular formula is C26H37N2O3+. The predicted molar refractivity (Wildman–Crippen MR) is 126 cm³/mol. The molecule has 31 heavy (non-hydrogen) atoms. The average Bonchev–Trinajstić information content (AvgIpc) is 2.76. The molecule has 0 saturated heterocycles. The number of carbonyl (C=O) groups is 2. The van der Waals surface area contributed by atoms with Crippen molar-refractivity contribution in [2.45, 2.75) is 41.0 Å². The van der Waals surface area contributed by atoms with Gasteiger partial charge in [0, 0.05) is 17.7 Å². The number of hydrogen-bond acceptors (Lipinski definition) is 3. The molecule has 0 unspecified atom stereocenters. The zero-order valence-electron chi connectivity index (χ0n) is 19.6. The van der Waals surface area contributed by atoms with Crippen molar-refractivity contribution in [2.24, 2.45) is 5.41 Å². The topological polar surface area (TPSA) is 55.4 Å². The molecule has 0 aliphatic carbocycles. The quantitative estimate of drug-likeness (QED) is 0.410. The van der Waals surface area contributed by atoms with Gasteiger partial charge >= 0.3 is 5.97 Å². The molecule has 1 N–H and O–H groups in total. The van der Waals surface area contributed by atoms with E-state index in [2.05, 4.69) is 39.9 Å². The number of carbonyl (C=O) groups excluding carboxylic acids is 2. The van der Waals surface area contributed by atoms with Crippen LogP contribution in [0.5, 0.6) is 0 Å². The fraction of sp³-hybridized carbons (Fsp3) is 0.462. The van der Waals surface area contributed by atoms with Gasteiger partial charge in [-0.3, -0.25) is 4.79 Å². The van der Waals surface area contributed by atoms with Crippen LogP contribution in [0.2, 0.25) is 0 Å². The number of amides is 1. The average molecular weight is 426 g/mol. The van der Waals surface area contributed by atoms with Crippen LogP contribution in [0.15, 0.2) is 54.6 Å². The van der Waals surface area contributed by atoms with Crippen LogP contribution in [0, 0.1) is 5.41 Å². The highest BCUT2D eigenvalue weighted by atomic mass is 16.5. The number of rotatable bonds is 10. The minimum absolute atomic E-state index is 0.181. The summed E-state index contributed by atoms with van der Waals surface area (Å²) in [5.74, 6) is -0.513. The first-order valence-corrected chi connectivity index (χ1v) is 11.2. The normalized spacial score (nSPS) is 11.8. The molecule has 0 saturated carbocycles. The minimum Gasteiger partial charge on any atom is -0.456 e. The zero-order valence-corrected chi connectivity index (χ0v) is 19.6. The van der Waals surface area contributed by atoms with Crippen molar-refractivity contribution >= 4 is 17.6 Å². The number of ether oxygens (including phenoxy) is 1. The maximum atomic E-state index is 12.5. The second-order valence-corrected chi connectivity index (χ2v) is 9.27. The Kier molecular flexibility index (Phi) is 8.81. The van der Waals surface area contributed by atoms with Crippen LogP contribution >= 0.6 is 0 Å². The summed E-state index contributed by atoms with van der Waals surface area (Å²) < 4.78 is 6.52. The lowest BCUT2D eigenvalue weighted by Gasteiger charge is -2.38. The van der Waals surface area contributed by atoms with Crippen LogP contribution in [0.25, 0.3) is 0 Å². The van der Waals surface area contributed by atoms with E-state index in [4.69, 9.17) is 4.74 Å². The van der Waals surface area contributed by atoms with Crippen molar-refractivity contribution in [1.82, 2.24) is 0 Å². The molecule has 0 aromatic heterocycles. The molecule has 0 aliphatic heterocycles. The fourth-order valence-corrected chi connectivity index (χ4v) is 3.44. The third-order valence-corrected chi connectivity index (χ3v) is 5.89. The maximum absolute atomic E-state index is 12.5. The molecule has 0 radical (unpaired) electrons. The largest absolute Gasteiger partial charge is 0.456 e. The van der Waals surface area contributed by atoms with Gasteiger partial charge in [0.05, 0.1) is 25.2 Å². The van der Waals surface area contributed by atoms with Gasteiger partial charge in [-0.2, -0.15) is 0 Å². The summed E-state index contributed by atoms with van der Waals surface area (Å²) in [5.41, 5.74) is 2.01. The van der Waals surface area contributed by atoms with Gasteiger partial charge in [-0.05, 0) is 55.7 Å². The van der Waals surface area contributed by atoms with Gasteiger partial charge in [0.15, 0.2) is 0 Å². The Morgan fingerprint density at radius 3 is 2.03 bits per heavy atom. The summed E-state index contributed by atoms with van der Waals surface area (Å²) in [6, 6.07) is 15.8. The highest BCUT2D eigenvalue weighted by Gasteiger charge is 2.26. The molecule has 0 spiro atoms. The van der Waals surface area contributed by atoms with Gasteiger partial charge in [-0.15, -0.1) is 0 Å². The number of nitrogens with one attached hydrogen (secondary N) is 1. The van der Waals surface area contributed by atoms with E-state index < -0.39 is 0 Å². The summed E-state index contributed by atoms with van der Waals surface area (Å²) in [6.07, 6.45) is 1.14. The van der Waals surface area contributed by atoms with Gasteiger partial charge < -0.3 is 14.5 Å². The van der Waals surface area contributed by atoms with Crippen molar-refractivity contribution in [3.8, 4) is 0 Å². The first kappa shape index (κ1) is 24.6. The number of benzene rings is 2. The Morgan fingerprint density at radius 2 is 1.48 bits per heavy atom. The molecule has 5 heteroatoms. The molecule has 168 valence electrons. The SMILES string of the molecule is CC[N+](CC)(CCOC(=O)c1ccc(NC(=O)c2ccccc2)cc1)CCC(C)(C)C. The van der Waals surface area contributed by atoms with E-state index in [9.17, 15) is 9.59 Å². The monoisotopic (exact) mass is 425 g/mol. The molecule has 0 heterocycles. The molecular weight excluding hydrogens is 388 g/mol. The standard InChI is InChI=1S/C26H36N2O3/c1-6-28(7-2,18-17-26(3,4)5)19-20-31-25(30)22-13-15-23(16-14-22)27-24(29)21-11-9-8-10-12-21/h8-16H,6-7,17-20H2,1-5H3/p+1. The minimum atomic E-state index is -0.331. The molecule has 2 rings (SSSR count). The maximum Gasteiger partial charge on any atom is 0.338 e. The van der Waals surface area contributed by atoms with E-state index in [-0.39, 0.29) is 11.9 Å². The number of quaternary nitrogens is 1. The molecule has 0 fully saturated rings. The van der Waals surface area contributed by atoms with E-state index in [0.29, 0.717) is 28.8 Å². The van der Waals surface area contributed by atoms with Crippen molar-refractivity contribution in [1.29, 1.82) is 0 Å². The van der Waals surface area contributed by atoms with E-state index in [1.807, 2.05) is 18.2 Å². The number of anilines is 1. The third kappa shape index (κ3) is 7.83. The first-order valence-electron chi connectivity index (χ1n) is 11.2. The van der Waals surface area contributed by atoms with E-state index in [0.717, 1.165) is 37.1 Å². The smallest absolute Gasteiger partial charge is 0.338 e. The van der Waals surface area contributed by atoms with Crippen molar-refractivity contribution in [2.75, 3.05) is 38.1 Å². The summed E-state index contributed by atoms with van der Waals surface area (Å²) in [7, 11) is 0. The lowest BCUT2D eigenvalue weighted by Crippen LogP contribution is -2.51. The van der Waals surface area contributed by atoms with Gasteiger partial charge in [-0.25, -0.2) is 4.79 Å². The number of likely N-dealkylation sites (N-methyl/N-ethyl adjacent to an activating group) is 1. The molecule has 2 aromatic rings. The van der Waals surface area contributed by atoms with Crippen LogP contribution in [0.3, 0.4) is 0 Å². The second-order valence-electron chi connectivity index (χ2n) is 9.27. The molecule has 0 atom stereocenters. The van der Waals surface area contributed by atoms with Crippen molar-refractivity contribution < 1.29 is 18.8 Å². The molecule has 1 amide bonds. The molecule has 5 nitrogen and oxygen atoms in total. The van der Waals surface area contributed by atoms with Crippen LogP contribution in [-0.4, -0.2) is 49.1 Å². The highest BCUT2D eigenvalue weighted by Crippen LogP contribution is 2.22. The number of nitrogens with zero attached hydrogens (tertiary/aromatic N) is 1. The lowest BCUT2D eigenvalue weighted by molar-refractivity contribution is -0.925. The van der Waals surface area contributed by atoms with Gasteiger partial charge in [0.2, 0.25) is 0 Å². The molecule has 0 bridgehead atoms. The summed E-state index contributed by atoms with van der Waals surface area (Å²) in [5, 5.41) is 2.84. The van der Waals surface area contributed by atoms with Crippen molar-refractivity contribution in [3.63, 3.8) is 0 Å². The Balaban J connectivity index is 1.88. The number of hydrogen-bond donors (Lipinski definition) is 1. The van der Waals surface area contributed by atoms with Crippen molar-refractivity contribution in [3.05, 3.63) is 65.7 Å². The fourth-order valence-electron chi connectivity index (χ4n) is 3.44. The van der Waals surface area contributed by atoms with E-state index in [1.54, 1.807) is 36.4 Å². The van der Waals surface area contributed by atoms with Crippen LogP contribution in [-0.2, 0) is 4.74 Å². The van der Waals surface area contributed by atoms with Crippen LogP contribution in [0.1, 0.15) is 61.8 Å². The lowest BCUT2D eigenvalue weighted by atomic mass is 9.91. The Morgan fingerprint density at radius 1 is 0.871 bits per heavy atom. The predicted octanol–water partition coefficient (Wildman–Crippen LogP) is 5.39. The summed E-state index contributed by atoms with van der Waals surface area (Å²) >= 11 is 0. The molecule has 2 aromatic carbocycles. The Labute approximate surface area is 187 Å². The highest BCUT2D eigenvalue weighted by molar-refractivity contribution is 6.04. The van der Waals surface area contributed by atoms with Gasteiger partial charge in [0.25, 0.3) is 5.91 Å². The first-order chi connectivity index (χ1) is 14.7. The van der Waals surface area contributed by atoms with E-state index in [1.165, 1.54) is 0 Å². The zero-order chi connectivity index (χ0) is 22.9. The van der Waals surface area contributed by atoms with Crippen LogP contribution in [0.4, 0.5) is 5.69 Å². The second kappa shape index (κ2) is 11.1. The van der Waals surface area contributed by atoms with Crippen LogP contribution < -0.4 is 5.32 Å².